The Kier molecular flexibility index (Phi) is 5.83. The lowest BCUT2D eigenvalue weighted by molar-refractivity contribution is -0.121. The molecular formula is C15H14INO2S2. The molecule has 0 bridgehead atoms. The molecule has 3 nitrogen and oxygen atoms in total. The summed E-state index contributed by atoms with van der Waals surface area (Å²) in [5.74, 6) is 0.795. The first-order valence-electron chi connectivity index (χ1n) is 6.35. The summed E-state index contributed by atoms with van der Waals surface area (Å²) in [5, 5.41) is 0. The summed E-state index contributed by atoms with van der Waals surface area (Å²) in [5.41, 5.74) is 0.960. The third kappa shape index (κ3) is 3.87. The molecule has 1 aromatic carbocycles. The smallest absolute Gasteiger partial charge is 0.266 e. The van der Waals surface area contributed by atoms with Crippen LogP contribution in [0.2, 0.25) is 0 Å². The van der Waals surface area contributed by atoms with Crippen LogP contribution in [0.3, 0.4) is 0 Å². The van der Waals surface area contributed by atoms with E-state index in [2.05, 4.69) is 29.2 Å². The van der Waals surface area contributed by atoms with E-state index in [1.807, 2.05) is 31.2 Å². The average Bonchev–Trinajstić information content (AvgIpc) is 2.72. The molecule has 110 valence electrons. The second kappa shape index (κ2) is 7.42. The molecule has 0 atom stereocenters. The van der Waals surface area contributed by atoms with Gasteiger partial charge in [-0.2, -0.15) is 0 Å². The number of rotatable bonds is 5. The van der Waals surface area contributed by atoms with Gasteiger partial charge in [-0.3, -0.25) is 9.69 Å². The summed E-state index contributed by atoms with van der Waals surface area (Å²) in [4.78, 5) is 14.4. The first-order valence-corrected chi connectivity index (χ1v) is 8.65. The quantitative estimate of drug-likeness (QED) is 0.304. The van der Waals surface area contributed by atoms with Gasteiger partial charge in [0.15, 0.2) is 0 Å². The van der Waals surface area contributed by atoms with Crippen LogP contribution in [0.25, 0.3) is 6.08 Å². The minimum absolute atomic E-state index is 0.0190. The highest BCUT2D eigenvalue weighted by Crippen LogP contribution is 2.33. The normalized spacial score (nSPS) is 16.7. The molecule has 1 aliphatic rings. The molecule has 2 rings (SSSR count). The molecule has 0 aliphatic carbocycles. The topological polar surface area (TPSA) is 29.5 Å². The van der Waals surface area contributed by atoms with Gasteiger partial charge in [-0.1, -0.05) is 42.7 Å². The van der Waals surface area contributed by atoms with Crippen LogP contribution in [0.15, 0.2) is 35.8 Å². The fourth-order valence-electron chi connectivity index (χ4n) is 1.80. The number of thioether (sulfide) groups is 1. The summed E-state index contributed by atoms with van der Waals surface area (Å²) in [7, 11) is 0. The van der Waals surface area contributed by atoms with E-state index >= 15 is 0 Å². The maximum Gasteiger partial charge on any atom is 0.266 e. The SMILES string of the molecule is C=CCOc1ccc(/C=C2\SC(=S)N(CC)C2=O)cc1I. The largest absolute Gasteiger partial charge is 0.488 e. The number of carbonyl (C=O) groups excluding carboxylic acids is 1. The van der Waals surface area contributed by atoms with Crippen molar-refractivity contribution in [3.05, 3.63) is 44.9 Å². The van der Waals surface area contributed by atoms with Crippen LogP contribution >= 0.6 is 46.6 Å². The van der Waals surface area contributed by atoms with Gasteiger partial charge in [0.2, 0.25) is 0 Å². The van der Waals surface area contributed by atoms with Crippen molar-refractivity contribution in [2.75, 3.05) is 13.2 Å². The first kappa shape index (κ1) is 16.5. The zero-order valence-corrected chi connectivity index (χ0v) is 15.3. The Labute approximate surface area is 147 Å². The first-order chi connectivity index (χ1) is 10.1. The molecule has 1 fully saturated rings. The second-order valence-electron chi connectivity index (χ2n) is 4.22. The molecule has 0 saturated carbocycles. The molecule has 0 N–H and O–H groups in total. The fraction of sp³-hybridized carbons (Fsp3) is 0.200. The summed E-state index contributed by atoms with van der Waals surface area (Å²) in [6.45, 7) is 6.63. The maximum absolute atomic E-state index is 12.2. The molecule has 6 heteroatoms. The van der Waals surface area contributed by atoms with Crippen molar-refractivity contribution in [1.29, 1.82) is 0 Å². The number of benzene rings is 1. The highest BCUT2D eigenvalue weighted by atomic mass is 127. The van der Waals surface area contributed by atoms with Crippen LogP contribution < -0.4 is 4.74 Å². The molecule has 0 radical (unpaired) electrons. The van der Waals surface area contributed by atoms with E-state index in [1.54, 1.807) is 11.0 Å². The molecule has 1 aromatic rings. The van der Waals surface area contributed by atoms with Gasteiger partial charge in [0.1, 0.15) is 16.7 Å². The summed E-state index contributed by atoms with van der Waals surface area (Å²) in [6, 6.07) is 5.81. The number of carbonyl (C=O) groups is 1. The van der Waals surface area contributed by atoms with Crippen LogP contribution in [0.4, 0.5) is 0 Å². The lowest BCUT2D eigenvalue weighted by Crippen LogP contribution is -2.27. The Hall–Kier alpha value is -0.860. The van der Waals surface area contributed by atoms with Crippen molar-refractivity contribution in [3.8, 4) is 5.75 Å². The van der Waals surface area contributed by atoms with E-state index in [0.717, 1.165) is 14.9 Å². The summed E-state index contributed by atoms with van der Waals surface area (Å²) in [6.07, 6.45) is 3.58. The Balaban J connectivity index is 2.22. The molecule has 1 saturated heterocycles. The highest BCUT2D eigenvalue weighted by molar-refractivity contribution is 14.1. The molecule has 1 amide bonds. The van der Waals surface area contributed by atoms with Gasteiger partial charge in [0.05, 0.1) is 8.48 Å². The third-order valence-electron chi connectivity index (χ3n) is 2.80. The summed E-state index contributed by atoms with van der Waals surface area (Å²) < 4.78 is 7.15. The van der Waals surface area contributed by atoms with Crippen molar-refractivity contribution in [2.45, 2.75) is 6.92 Å². The molecular weight excluding hydrogens is 417 g/mol. The van der Waals surface area contributed by atoms with Gasteiger partial charge >= 0.3 is 0 Å². The van der Waals surface area contributed by atoms with Gasteiger partial charge in [0.25, 0.3) is 5.91 Å². The fourth-order valence-corrected chi connectivity index (χ4v) is 3.88. The van der Waals surface area contributed by atoms with Crippen LogP contribution in [0.1, 0.15) is 12.5 Å². The molecule has 0 unspecified atom stereocenters. The molecule has 0 spiro atoms. The minimum atomic E-state index is -0.0190. The van der Waals surface area contributed by atoms with Crippen LogP contribution in [0, 0.1) is 3.57 Å². The van der Waals surface area contributed by atoms with Crippen molar-refractivity contribution < 1.29 is 9.53 Å². The zero-order chi connectivity index (χ0) is 15.4. The van der Waals surface area contributed by atoms with Gasteiger partial charge in [0, 0.05) is 6.54 Å². The third-order valence-corrected chi connectivity index (χ3v) is 5.02. The van der Waals surface area contributed by atoms with E-state index in [9.17, 15) is 4.79 Å². The predicted molar refractivity (Wildman–Crippen MR) is 100 cm³/mol. The van der Waals surface area contributed by atoms with Crippen LogP contribution in [0.5, 0.6) is 5.75 Å². The highest BCUT2D eigenvalue weighted by Gasteiger charge is 2.30. The van der Waals surface area contributed by atoms with Crippen LogP contribution in [-0.2, 0) is 4.79 Å². The minimum Gasteiger partial charge on any atom is -0.488 e. The molecule has 0 aromatic heterocycles. The lowest BCUT2D eigenvalue weighted by Gasteiger charge is -2.09. The maximum atomic E-state index is 12.2. The zero-order valence-electron chi connectivity index (χ0n) is 11.5. The van der Waals surface area contributed by atoms with Crippen LogP contribution in [-0.4, -0.2) is 28.3 Å². The van der Waals surface area contributed by atoms with Crippen molar-refractivity contribution in [2.24, 2.45) is 0 Å². The number of amides is 1. The predicted octanol–water partition coefficient (Wildman–Crippen LogP) is 4.08. The van der Waals surface area contributed by atoms with E-state index < -0.39 is 0 Å². The van der Waals surface area contributed by atoms with Crippen molar-refractivity contribution in [1.82, 2.24) is 4.90 Å². The molecule has 21 heavy (non-hydrogen) atoms. The number of nitrogens with zero attached hydrogens (tertiary/aromatic N) is 1. The van der Waals surface area contributed by atoms with Crippen molar-refractivity contribution >= 4 is 62.9 Å². The van der Waals surface area contributed by atoms with E-state index in [4.69, 9.17) is 17.0 Å². The second-order valence-corrected chi connectivity index (χ2v) is 7.05. The molecule has 1 heterocycles. The van der Waals surface area contributed by atoms with Gasteiger partial charge in [-0.25, -0.2) is 0 Å². The standard InChI is InChI=1S/C15H14INO2S2/c1-3-7-19-12-6-5-10(8-11(12)16)9-13-14(18)17(4-2)15(20)21-13/h3,5-6,8-9H,1,4,7H2,2H3/b13-9-. The Morgan fingerprint density at radius 2 is 2.29 bits per heavy atom. The number of likely N-dealkylation sites (N-methyl/N-ethyl adjacent to an activating group) is 1. The van der Waals surface area contributed by atoms with E-state index in [-0.39, 0.29) is 5.91 Å². The van der Waals surface area contributed by atoms with E-state index in [1.165, 1.54) is 11.8 Å². The van der Waals surface area contributed by atoms with Gasteiger partial charge < -0.3 is 4.74 Å². The Morgan fingerprint density at radius 1 is 1.52 bits per heavy atom. The monoisotopic (exact) mass is 431 g/mol. The number of ether oxygens (including phenoxy) is 1. The average molecular weight is 431 g/mol. The van der Waals surface area contributed by atoms with Gasteiger partial charge in [-0.15, -0.1) is 0 Å². The Bertz CT molecular complexity index is 628. The number of thiocarbonyl (C=S) groups is 1. The number of hydrogen-bond acceptors (Lipinski definition) is 4. The number of halogens is 1. The van der Waals surface area contributed by atoms with Crippen molar-refractivity contribution in [3.63, 3.8) is 0 Å². The van der Waals surface area contributed by atoms with E-state index in [0.29, 0.717) is 22.4 Å². The lowest BCUT2D eigenvalue weighted by atomic mass is 10.2. The Morgan fingerprint density at radius 3 is 2.86 bits per heavy atom. The number of hydrogen-bond donors (Lipinski definition) is 0. The van der Waals surface area contributed by atoms with Gasteiger partial charge in [-0.05, 0) is 53.3 Å². The summed E-state index contributed by atoms with van der Waals surface area (Å²) >= 11 is 8.76. The molecule has 1 aliphatic heterocycles.